The summed E-state index contributed by atoms with van der Waals surface area (Å²) in [4.78, 5) is 2.37. The first-order chi connectivity index (χ1) is 9.65. The number of ether oxygens (including phenoxy) is 1. The van der Waals surface area contributed by atoms with Gasteiger partial charge in [-0.05, 0) is 50.4 Å². The van der Waals surface area contributed by atoms with E-state index in [1.807, 2.05) is 12.1 Å². The van der Waals surface area contributed by atoms with Crippen LogP contribution >= 0.6 is 0 Å². The maximum atomic E-state index is 6.38. The lowest BCUT2D eigenvalue weighted by Gasteiger charge is -2.26. The average Bonchev–Trinajstić information content (AvgIpc) is 3.03. The Morgan fingerprint density at radius 2 is 1.90 bits per heavy atom. The molecule has 110 valence electrons. The fourth-order valence-corrected chi connectivity index (χ4v) is 3.76. The first-order valence-corrected chi connectivity index (χ1v) is 7.86. The average molecular weight is 274 g/mol. The molecule has 1 saturated heterocycles. The third kappa shape index (κ3) is 3.15. The zero-order valence-electron chi connectivity index (χ0n) is 12.5. The maximum Gasteiger partial charge on any atom is 0.0710 e. The SMILES string of the molecule is CN(Cc1ccc(N)cc1)CC1CCC2(CCCC2)O1. The molecule has 3 nitrogen and oxygen atoms in total. The predicted octanol–water partition coefficient (Wildman–Crippen LogP) is 3.19. The molecule has 1 unspecified atom stereocenters. The molecular weight excluding hydrogens is 248 g/mol. The number of nitrogen functional groups attached to an aromatic ring is 1. The Kier molecular flexibility index (Phi) is 3.99. The second-order valence-electron chi connectivity index (χ2n) is 6.61. The van der Waals surface area contributed by atoms with E-state index in [0.717, 1.165) is 18.8 Å². The third-order valence-corrected chi connectivity index (χ3v) is 4.80. The van der Waals surface area contributed by atoms with Gasteiger partial charge < -0.3 is 10.5 Å². The minimum Gasteiger partial charge on any atom is -0.399 e. The molecule has 1 aromatic rings. The van der Waals surface area contributed by atoms with Crippen molar-refractivity contribution in [2.75, 3.05) is 19.3 Å². The van der Waals surface area contributed by atoms with Crippen molar-refractivity contribution in [3.8, 4) is 0 Å². The van der Waals surface area contributed by atoms with Gasteiger partial charge in [-0.25, -0.2) is 0 Å². The molecule has 3 heteroatoms. The Balaban J connectivity index is 1.49. The second-order valence-corrected chi connectivity index (χ2v) is 6.61. The number of hydrogen-bond acceptors (Lipinski definition) is 3. The van der Waals surface area contributed by atoms with Crippen LogP contribution < -0.4 is 5.73 Å². The Labute approximate surface area is 122 Å². The molecule has 2 aliphatic rings. The van der Waals surface area contributed by atoms with Gasteiger partial charge in [-0.1, -0.05) is 25.0 Å². The van der Waals surface area contributed by atoms with E-state index in [0.29, 0.717) is 6.10 Å². The van der Waals surface area contributed by atoms with Crippen molar-refractivity contribution >= 4 is 5.69 Å². The van der Waals surface area contributed by atoms with Crippen molar-refractivity contribution in [2.24, 2.45) is 0 Å². The minimum absolute atomic E-state index is 0.257. The van der Waals surface area contributed by atoms with Crippen molar-refractivity contribution in [3.63, 3.8) is 0 Å². The first kappa shape index (κ1) is 13.9. The van der Waals surface area contributed by atoms with Crippen LogP contribution in [-0.4, -0.2) is 30.2 Å². The van der Waals surface area contributed by atoms with Crippen LogP contribution in [0.1, 0.15) is 44.1 Å². The zero-order valence-corrected chi connectivity index (χ0v) is 12.5. The Bertz CT molecular complexity index is 437. The van der Waals surface area contributed by atoms with Crippen LogP contribution in [0, 0.1) is 0 Å². The molecule has 1 atom stereocenters. The molecule has 0 radical (unpaired) electrons. The van der Waals surface area contributed by atoms with Crippen LogP contribution in [0.4, 0.5) is 5.69 Å². The topological polar surface area (TPSA) is 38.5 Å². The molecule has 2 N–H and O–H groups in total. The molecule has 3 rings (SSSR count). The van der Waals surface area contributed by atoms with Crippen LogP contribution in [0.15, 0.2) is 24.3 Å². The summed E-state index contributed by atoms with van der Waals surface area (Å²) in [5, 5.41) is 0. The zero-order chi connectivity index (χ0) is 14.0. The van der Waals surface area contributed by atoms with Gasteiger partial charge in [0, 0.05) is 18.8 Å². The van der Waals surface area contributed by atoms with Gasteiger partial charge in [0.1, 0.15) is 0 Å². The quantitative estimate of drug-likeness (QED) is 0.857. The van der Waals surface area contributed by atoms with Gasteiger partial charge in [0.25, 0.3) is 0 Å². The Hall–Kier alpha value is -1.06. The molecule has 0 amide bonds. The smallest absolute Gasteiger partial charge is 0.0710 e. The Morgan fingerprint density at radius 3 is 2.60 bits per heavy atom. The monoisotopic (exact) mass is 274 g/mol. The van der Waals surface area contributed by atoms with Crippen LogP contribution in [0.2, 0.25) is 0 Å². The van der Waals surface area contributed by atoms with Crippen molar-refractivity contribution in [3.05, 3.63) is 29.8 Å². The molecule has 1 aliphatic heterocycles. The number of rotatable bonds is 4. The molecule has 0 bridgehead atoms. The fourth-order valence-electron chi connectivity index (χ4n) is 3.76. The van der Waals surface area contributed by atoms with Crippen molar-refractivity contribution in [2.45, 2.75) is 56.8 Å². The fraction of sp³-hybridized carbons (Fsp3) is 0.647. The summed E-state index contributed by atoms with van der Waals surface area (Å²) in [6.07, 6.45) is 8.20. The van der Waals surface area contributed by atoms with E-state index >= 15 is 0 Å². The van der Waals surface area contributed by atoms with Gasteiger partial charge in [-0.2, -0.15) is 0 Å². The highest BCUT2D eigenvalue weighted by molar-refractivity contribution is 5.39. The number of likely N-dealkylation sites (N-methyl/N-ethyl adjacent to an activating group) is 1. The third-order valence-electron chi connectivity index (χ3n) is 4.80. The lowest BCUT2D eigenvalue weighted by atomic mass is 9.98. The van der Waals surface area contributed by atoms with E-state index in [1.165, 1.54) is 44.1 Å². The standard InChI is InChI=1S/C17H26N2O/c1-19(12-14-4-6-15(18)7-5-14)13-16-8-11-17(20-16)9-2-3-10-17/h4-7,16H,2-3,8-13,18H2,1H3. The summed E-state index contributed by atoms with van der Waals surface area (Å²) in [5.74, 6) is 0. The molecule has 1 aliphatic carbocycles. The number of benzene rings is 1. The summed E-state index contributed by atoms with van der Waals surface area (Å²) in [6, 6.07) is 8.17. The van der Waals surface area contributed by atoms with Gasteiger partial charge >= 0.3 is 0 Å². The van der Waals surface area contributed by atoms with Gasteiger partial charge in [0.15, 0.2) is 0 Å². The van der Waals surface area contributed by atoms with Crippen LogP contribution in [0.25, 0.3) is 0 Å². The van der Waals surface area contributed by atoms with Crippen molar-refractivity contribution < 1.29 is 4.74 Å². The van der Waals surface area contributed by atoms with E-state index in [4.69, 9.17) is 10.5 Å². The summed E-state index contributed by atoms with van der Waals surface area (Å²) >= 11 is 0. The molecule has 1 saturated carbocycles. The number of hydrogen-bond donors (Lipinski definition) is 1. The predicted molar refractivity (Wildman–Crippen MR) is 82.5 cm³/mol. The summed E-state index contributed by atoms with van der Waals surface area (Å²) < 4.78 is 6.38. The number of nitrogens with two attached hydrogens (primary N) is 1. The lowest BCUT2D eigenvalue weighted by Crippen LogP contribution is -2.32. The minimum atomic E-state index is 0.257. The number of nitrogens with zero attached hydrogens (tertiary/aromatic N) is 1. The van der Waals surface area contributed by atoms with Gasteiger partial charge in [-0.15, -0.1) is 0 Å². The van der Waals surface area contributed by atoms with E-state index < -0.39 is 0 Å². The summed E-state index contributed by atoms with van der Waals surface area (Å²) in [6.45, 7) is 2.00. The molecule has 1 heterocycles. The molecular formula is C17H26N2O. The Morgan fingerprint density at radius 1 is 1.20 bits per heavy atom. The maximum absolute atomic E-state index is 6.38. The first-order valence-electron chi connectivity index (χ1n) is 7.86. The van der Waals surface area contributed by atoms with Gasteiger partial charge in [0.2, 0.25) is 0 Å². The highest BCUT2D eigenvalue weighted by atomic mass is 16.5. The summed E-state index contributed by atoms with van der Waals surface area (Å²) in [7, 11) is 2.18. The van der Waals surface area contributed by atoms with Crippen LogP contribution in [0.3, 0.4) is 0 Å². The summed E-state index contributed by atoms with van der Waals surface area (Å²) in [5.41, 5.74) is 8.13. The van der Waals surface area contributed by atoms with Crippen molar-refractivity contribution in [1.82, 2.24) is 4.90 Å². The van der Waals surface area contributed by atoms with E-state index in [2.05, 4.69) is 24.1 Å². The largest absolute Gasteiger partial charge is 0.399 e. The van der Waals surface area contributed by atoms with Crippen LogP contribution in [-0.2, 0) is 11.3 Å². The van der Waals surface area contributed by atoms with E-state index in [1.54, 1.807) is 0 Å². The number of anilines is 1. The molecule has 0 aromatic heterocycles. The molecule has 1 aromatic carbocycles. The highest BCUT2D eigenvalue weighted by Crippen LogP contribution is 2.43. The normalized spacial score (nSPS) is 24.8. The van der Waals surface area contributed by atoms with Crippen LogP contribution in [0.5, 0.6) is 0 Å². The van der Waals surface area contributed by atoms with E-state index in [9.17, 15) is 0 Å². The molecule has 1 spiro atoms. The van der Waals surface area contributed by atoms with Crippen molar-refractivity contribution in [1.29, 1.82) is 0 Å². The highest BCUT2D eigenvalue weighted by Gasteiger charge is 2.42. The second kappa shape index (κ2) is 5.74. The van der Waals surface area contributed by atoms with Gasteiger partial charge in [-0.3, -0.25) is 4.90 Å². The van der Waals surface area contributed by atoms with E-state index in [-0.39, 0.29) is 5.60 Å². The van der Waals surface area contributed by atoms with Gasteiger partial charge in [0.05, 0.1) is 11.7 Å². The molecule has 2 fully saturated rings. The molecule has 20 heavy (non-hydrogen) atoms. The lowest BCUT2D eigenvalue weighted by molar-refractivity contribution is -0.0457.